The van der Waals surface area contributed by atoms with Crippen LogP contribution in [-0.4, -0.2) is 50.4 Å². The maximum absolute atomic E-state index is 13.4. The number of nitrogens with zero attached hydrogens (tertiary/aromatic N) is 1. The smallest absolute Gasteiger partial charge is 0.309 e. The molecule has 0 saturated heterocycles. The summed E-state index contributed by atoms with van der Waals surface area (Å²) in [6.45, 7) is 8.84. The monoisotopic (exact) mass is 541 g/mol. The van der Waals surface area contributed by atoms with E-state index < -0.39 is 35.6 Å². The number of carbonyl (C=O) groups is 2. The number of ketones is 1. The van der Waals surface area contributed by atoms with Gasteiger partial charge in [-0.15, -0.1) is 11.3 Å². The zero-order chi connectivity index (χ0) is 27.0. The Kier molecular flexibility index (Phi) is 11.8. The Morgan fingerprint density at radius 1 is 1.33 bits per heavy atom. The molecule has 1 aliphatic rings. The topological polar surface area (TPSA) is 117 Å². The van der Waals surface area contributed by atoms with E-state index in [1.165, 1.54) is 11.3 Å². The first kappa shape index (κ1) is 30.6. The SMILES string of the molecule is CC[C@H]1C(=O)C(C)(C)[C@@H](O)CC(=O)O[C@H](C(Cl)=Cc2csc(CO)n2)C/C=C(/C)CCC[C@H](C)[C@@H]1O. The maximum atomic E-state index is 13.4. The molecule has 0 aromatic carbocycles. The second-order valence-electron chi connectivity index (χ2n) is 10.3. The average Bonchev–Trinajstić information content (AvgIpc) is 3.28. The third-order valence-corrected chi connectivity index (χ3v) is 8.29. The van der Waals surface area contributed by atoms with Crippen LogP contribution in [0, 0.1) is 17.3 Å². The van der Waals surface area contributed by atoms with E-state index >= 15 is 0 Å². The third-order valence-electron chi connectivity index (χ3n) is 7.08. The first-order valence-corrected chi connectivity index (χ1v) is 13.8. The summed E-state index contributed by atoms with van der Waals surface area (Å²) in [4.78, 5) is 30.5. The number of aliphatic hydroxyl groups is 3. The van der Waals surface area contributed by atoms with Gasteiger partial charge in [-0.05, 0) is 44.6 Å². The predicted octanol–water partition coefficient (Wildman–Crippen LogP) is 5.02. The molecule has 0 bridgehead atoms. The predicted molar refractivity (Wildman–Crippen MR) is 142 cm³/mol. The number of esters is 1. The van der Waals surface area contributed by atoms with E-state index in [9.17, 15) is 24.9 Å². The maximum Gasteiger partial charge on any atom is 0.309 e. The number of hydrogen-bond acceptors (Lipinski definition) is 8. The lowest BCUT2D eigenvalue weighted by atomic mass is 9.71. The lowest BCUT2D eigenvalue weighted by molar-refractivity contribution is -0.154. The van der Waals surface area contributed by atoms with Gasteiger partial charge in [-0.1, -0.05) is 50.9 Å². The summed E-state index contributed by atoms with van der Waals surface area (Å²) in [5.74, 6) is -1.64. The van der Waals surface area contributed by atoms with Crippen LogP contribution in [0.4, 0.5) is 0 Å². The molecule has 9 heteroatoms. The van der Waals surface area contributed by atoms with Crippen LogP contribution in [0.5, 0.6) is 0 Å². The number of allylic oxidation sites excluding steroid dienone is 1. The summed E-state index contributed by atoms with van der Waals surface area (Å²) in [6.07, 6.45) is 3.53. The minimum atomic E-state index is -1.28. The highest BCUT2D eigenvalue weighted by Gasteiger charge is 2.43. The van der Waals surface area contributed by atoms with E-state index in [1.807, 2.05) is 26.8 Å². The van der Waals surface area contributed by atoms with E-state index in [4.69, 9.17) is 16.3 Å². The molecule has 2 heterocycles. The molecule has 0 amide bonds. The number of hydrogen-bond donors (Lipinski definition) is 3. The number of carbonyl (C=O) groups excluding carboxylic acids is 2. The van der Waals surface area contributed by atoms with Gasteiger partial charge in [-0.3, -0.25) is 9.59 Å². The second-order valence-corrected chi connectivity index (χ2v) is 11.7. The molecule has 202 valence electrons. The molecule has 3 N–H and O–H groups in total. The number of thiazole rings is 1. The number of ether oxygens (including phenoxy) is 1. The quantitative estimate of drug-likeness (QED) is 0.362. The fraction of sp³-hybridized carbons (Fsp3) is 0.667. The Bertz CT molecular complexity index is 956. The summed E-state index contributed by atoms with van der Waals surface area (Å²) in [7, 11) is 0. The molecule has 7 nitrogen and oxygen atoms in total. The molecule has 0 saturated carbocycles. The van der Waals surface area contributed by atoms with Crippen molar-refractivity contribution in [1.82, 2.24) is 4.98 Å². The number of halogens is 1. The van der Waals surface area contributed by atoms with Gasteiger partial charge in [0.05, 0.1) is 41.4 Å². The Balaban J connectivity index is 2.35. The van der Waals surface area contributed by atoms with E-state index in [1.54, 1.807) is 25.3 Å². The molecule has 0 unspecified atom stereocenters. The fourth-order valence-corrected chi connectivity index (χ4v) is 5.30. The molecule has 1 aliphatic heterocycles. The minimum absolute atomic E-state index is 0.0791. The largest absolute Gasteiger partial charge is 0.456 e. The van der Waals surface area contributed by atoms with Crippen LogP contribution in [0.25, 0.3) is 6.08 Å². The minimum Gasteiger partial charge on any atom is -0.456 e. The van der Waals surface area contributed by atoms with Crippen LogP contribution < -0.4 is 0 Å². The van der Waals surface area contributed by atoms with Gasteiger partial charge < -0.3 is 20.1 Å². The molecular formula is C27H40ClNO6S. The molecule has 1 aromatic heterocycles. The second kappa shape index (κ2) is 13.8. The Morgan fingerprint density at radius 3 is 2.64 bits per heavy atom. The van der Waals surface area contributed by atoms with Crippen molar-refractivity contribution in [2.24, 2.45) is 17.3 Å². The van der Waals surface area contributed by atoms with Crippen molar-refractivity contribution < 1.29 is 29.6 Å². The van der Waals surface area contributed by atoms with Crippen LogP contribution in [0.3, 0.4) is 0 Å². The van der Waals surface area contributed by atoms with E-state index in [0.29, 0.717) is 23.5 Å². The van der Waals surface area contributed by atoms with Gasteiger partial charge in [0.1, 0.15) is 16.9 Å². The third kappa shape index (κ3) is 8.21. The highest BCUT2D eigenvalue weighted by Crippen LogP contribution is 2.34. The fourth-order valence-electron chi connectivity index (χ4n) is 4.44. The van der Waals surface area contributed by atoms with Gasteiger partial charge in [-0.25, -0.2) is 4.98 Å². The zero-order valence-corrected chi connectivity index (χ0v) is 23.4. The molecule has 0 spiro atoms. The number of cyclic esters (lactones) is 1. The van der Waals surface area contributed by atoms with Gasteiger partial charge in [0, 0.05) is 17.7 Å². The Hall–Kier alpha value is -1.58. The summed E-state index contributed by atoms with van der Waals surface area (Å²) in [5, 5.41) is 33.7. The first-order chi connectivity index (χ1) is 16.9. The molecule has 1 aromatic rings. The van der Waals surface area contributed by atoms with Crippen LogP contribution in [0.2, 0.25) is 0 Å². The summed E-state index contributed by atoms with van der Waals surface area (Å²) in [5.41, 5.74) is 0.419. The molecule has 0 fully saturated rings. The van der Waals surface area contributed by atoms with Crippen molar-refractivity contribution in [2.75, 3.05) is 0 Å². The zero-order valence-electron chi connectivity index (χ0n) is 21.9. The van der Waals surface area contributed by atoms with Gasteiger partial charge in [0.25, 0.3) is 0 Å². The lowest BCUT2D eigenvalue weighted by Gasteiger charge is -2.35. The molecule has 2 rings (SSSR count). The van der Waals surface area contributed by atoms with Crippen LogP contribution in [-0.2, 0) is 20.9 Å². The number of rotatable bonds is 4. The van der Waals surface area contributed by atoms with E-state index in [-0.39, 0.29) is 29.8 Å². The van der Waals surface area contributed by atoms with E-state index in [0.717, 1.165) is 24.8 Å². The normalized spacial score (nSPS) is 31.0. The Morgan fingerprint density at radius 2 is 2.03 bits per heavy atom. The molecular weight excluding hydrogens is 502 g/mol. The lowest BCUT2D eigenvalue weighted by Crippen LogP contribution is -2.46. The molecule has 5 atom stereocenters. The van der Waals surface area contributed by atoms with Gasteiger partial charge in [0.2, 0.25) is 0 Å². The van der Waals surface area contributed by atoms with Gasteiger partial charge in [0.15, 0.2) is 0 Å². The number of Topliss-reactive ketones (excluding diaryl/α,β-unsaturated/α-hetero) is 1. The highest BCUT2D eigenvalue weighted by molar-refractivity contribution is 7.09. The van der Waals surface area contributed by atoms with Crippen LogP contribution in [0.15, 0.2) is 22.1 Å². The summed E-state index contributed by atoms with van der Waals surface area (Å²) < 4.78 is 5.68. The van der Waals surface area contributed by atoms with Crippen molar-refractivity contribution in [3.8, 4) is 0 Å². The van der Waals surface area contributed by atoms with Crippen LogP contribution >= 0.6 is 22.9 Å². The molecule has 0 radical (unpaired) electrons. The van der Waals surface area contributed by atoms with Crippen molar-refractivity contribution >= 4 is 40.8 Å². The Labute approximate surface area is 223 Å². The van der Waals surface area contributed by atoms with Crippen molar-refractivity contribution in [1.29, 1.82) is 0 Å². The average molecular weight is 542 g/mol. The van der Waals surface area contributed by atoms with Crippen LogP contribution in [0.1, 0.15) is 83.8 Å². The number of aliphatic hydroxyl groups excluding tert-OH is 3. The molecule has 36 heavy (non-hydrogen) atoms. The molecule has 0 aliphatic carbocycles. The summed E-state index contributed by atoms with van der Waals surface area (Å²) >= 11 is 7.86. The number of aromatic nitrogens is 1. The van der Waals surface area contributed by atoms with Crippen molar-refractivity contribution in [3.05, 3.63) is 32.8 Å². The first-order valence-electron chi connectivity index (χ1n) is 12.6. The highest BCUT2D eigenvalue weighted by atomic mass is 35.5. The van der Waals surface area contributed by atoms with Gasteiger partial charge in [-0.2, -0.15) is 0 Å². The standard InChI is InChI=1S/C27H40ClNO6S/c1-6-19-25(33)17(3)9-7-8-16(2)10-11-21(20(28)12-18-15-36-23(14-30)29-18)35-24(32)13-22(31)27(4,5)26(19)34/h10,12,15,17,19,21-22,25,30-31,33H,6-9,11,13-14H2,1-5H3/b16-10-,20-12?/t17-,19+,21-,22-,25-/m0/s1. The van der Waals surface area contributed by atoms with Crippen molar-refractivity contribution in [2.45, 2.75) is 98.1 Å². The summed E-state index contributed by atoms with van der Waals surface area (Å²) in [6, 6.07) is 0. The van der Waals surface area contributed by atoms with E-state index in [2.05, 4.69) is 4.98 Å². The van der Waals surface area contributed by atoms with Crippen molar-refractivity contribution in [3.63, 3.8) is 0 Å². The van der Waals surface area contributed by atoms with Gasteiger partial charge >= 0.3 is 5.97 Å².